The van der Waals surface area contributed by atoms with Crippen molar-refractivity contribution < 1.29 is 14.1 Å². The van der Waals surface area contributed by atoms with E-state index in [0.29, 0.717) is 39.3 Å². The molecular formula is C27H26N4O3. The van der Waals surface area contributed by atoms with Crippen LogP contribution in [0.25, 0.3) is 22.4 Å². The molecule has 0 spiro atoms. The third-order valence-corrected chi connectivity index (χ3v) is 6.26. The number of carbonyl (C=O) groups excluding carboxylic acids is 2. The van der Waals surface area contributed by atoms with Crippen LogP contribution in [0.4, 0.5) is 5.69 Å². The van der Waals surface area contributed by atoms with Crippen LogP contribution >= 0.6 is 0 Å². The molecule has 4 aromatic rings. The van der Waals surface area contributed by atoms with Crippen LogP contribution in [0.15, 0.2) is 59.1 Å². The highest BCUT2D eigenvalue weighted by molar-refractivity contribution is 6.15. The van der Waals surface area contributed by atoms with Crippen LogP contribution in [0.5, 0.6) is 0 Å². The number of pyridine rings is 1. The number of hydrogen-bond donors (Lipinski definition) is 1. The zero-order valence-electron chi connectivity index (χ0n) is 19.3. The number of fused-ring (bicyclic) bond motifs is 1. The smallest absolute Gasteiger partial charge is 0.259 e. The number of nitrogens with zero attached hydrogens (tertiary/aromatic N) is 3. The van der Waals surface area contributed by atoms with Gasteiger partial charge in [0.15, 0.2) is 0 Å². The van der Waals surface area contributed by atoms with E-state index in [9.17, 15) is 9.59 Å². The van der Waals surface area contributed by atoms with Crippen LogP contribution in [0.2, 0.25) is 0 Å². The van der Waals surface area contributed by atoms with Gasteiger partial charge in [-0.05, 0) is 51.3 Å². The molecule has 2 aromatic carbocycles. The Morgan fingerprint density at radius 1 is 0.941 bits per heavy atom. The molecular weight excluding hydrogens is 428 g/mol. The fourth-order valence-corrected chi connectivity index (χ4v) is 4.38. The van der Waals surface area contributed by atoms with Crippen molar-refractivity contribution in [1.29, 1.82) is 0 Å². The van der Waals surface area contributed by atoms with E-state index in [0.717, 1.165) is 43.5 Å². The molecule has 172 valence electrons. The van der Waals surface area contributed by atoms with E-state index in [1.54, 1.807) is 25.1 Å². The summed E-state index contributed by atoms with van der Waals surface area (Å²) in [4.78, 5) is 33.1. The molecule has 2 aromatic heterocycles. The lowest BCUT2D eigenvalue weighted by Crippen LogP contribution is -2.36. The molecule has 7 nitrogen and oxygen atoms in total. The molecule has 0 saturated carbocycles. The third kappa shape index (κ3) is 4.17. The van der Waals surface area contributed by atoms with Gasteiger partial charge in [0.25, 0.3) is 17.5 Å². The summed E-state index contributed by atoms with van der Waals surface area (Å²) >= 11 is 0. The quantitative estimate of drug-likeness (QED) is 0.447. The molecule has 0 bridgehead atoms. The largest absolute Gasteiger partial charge is 0.339 e. The number of anilines is 1. The summed E-state index contributed by atoms with van der Waals surface area (Å²) in [6, 6.07) is 16.8. The zero-order chi connectivity index (χ0) is 23.7. The zero-order valence-corrected chi connectivity index (χ0v) is 19.3. The summed E-state index contributed by atoms with van der Waals surface area (Å²) in [5, 5.41) is 7.55. The number of nitrogens with one attached hydrogen (secondary N) is 1. The van der Waals surface area contributed by atoms with Crippen molar-refractivity contribution in [2.45, 2.75) is 33.1 Å². The molecule has 1 aliphatic rings. The van der Waals surface area contributed by atoms with Crippen LogP contribution in [0, 0.1) is 13.8 Å². The van der Waals surface area contributed by atoms with Crippen molar-refractivity contribution in [3.63, 3.8) is 0 Å². The molecule has 0 atom stereocenters. The molecule has 5 rings (SSSR count). The van der Waals surface area contributed by atoms with Crippen LogP contribution < -0.4 is 5.32 Å². The Labute approximate surface area is 197 Å². The van der Waals surface area contributed by atoms with E-state index in [1.165, 1.54) is 0 Å². The number of para-hydroxylation sites is 1. The van der Waals surface area contributed by atoms with Crippen LogP contribution in [0.3, 0.4) is 0 Å². The first-order valence-electron chi connectivity index (χ1n) is 11.5. The third-order valence-electron chi connectivity index (χ3n) is 6.26. The fourth-order valence-electron chi connectivity index (χ4n) is 4.38. The summed E-state index contributed by atoms with van der Waals surface area (Å²) < 4.78 is 5.41. The highest BCUT2D eigenvalue weighted by Gasteiger charge is 2.24. The van der Waals surface area contributed by atoms with Crippen molar-refractivity contribution in [2.24, 2.45) is 0 Å². The molecule has 1 fully saturated rings. The van der Waals surface area contributed by atoms with Gasteiger partial charge in [-0.15, -0.1) is 0 Å². The summed E-state index contributed by atoms with van der Waals surface area (Å²) in [6.07, 6.45) is 3.15. The van der Waals surface area contributed by atoms with Crippen LogP contribution in [0.1, 0.15) is 51.2 Å². The lowest BCUT2D eigenvalue weighted by molar-refractivity contribution is 0.0725. The molecule has 1 saturated heterocycles. The number of hydrogen-bond acceptors (Lipinski definition) is 5. The van der Waals surface area contributed by atoms with E-state index in [1.807, 2.05) is 48.2 Å². The second-order valence-corrected chi connectivity index (χ2v) is 8.72. The van der Waals surface area contributed by atoms with Gasteiger partial charge in [-0.3, -0.25) is 9.59 Å². The first-order valence-corrected chi connectivity index (χ1v) is 11.5. The van der Waals surface area contributed by atoms with Crippen LogP contribution in [-0.2, 0) is 0 Å². The lowest BCUT2D eigenvalue weighted by atomic mass is 10.0. The second kappa shape index (κ2) is 9.09. The van der Waals surface area contributed by atoms with Crippen molar-refractivity contribution >= 4 is 28.6 Å². The van der Waals surface area contributed by atoms with Crippen LogP contribution in [-0.4, -0.2) is 39.9 Å². The number of aromatic nitrogens is 2. The summed E-state index contributed by atoms with van der Waals surface area (Å²) in [6.45, 7) is 5.28. The van der Waals surface area contributed by atoms with Crippen molar-refractivity contribution in [3.8, 4) is 11.3 Å². The number of likely N-dealkylation sites (tertiary alicyclic amines) is 1. The van der Waals surface area contributed by atoms with E-state index in [4.69, 9.17) is 4.52 Å². The maximum Gasteiger partial charge on any atom is 0.259 e. The van der Waals surface area contributed by atoms with Gasteiger partial charge >= 0.3 is 0 Å². The Kier molecular flexibility index (Phi) is 5.84. The number of rotatable bonds is 4. The summed E-state index contributed by atoms with van der Waals surface area (Å²) in [5.74, 6) is -0.400. The Morgan fingerprint density at radius 2 is 1.68 bits per heavy atom. The molecule has 1 N–H and O–H groups in total. The Morgan fingerprint density at radius 3 is 2.44 bits per heavy atom. The normalized spacial score (nSPS) is 13.8. The first kappa shape index (κ1) is 21.8. The number of carbonyl (C=O) groups is 2. The number of piperidine rings is 1. The fraction of sp³-hybridized carbons (Fsp3) is 0.259. The molecule has 2 amide bonds. The maximum absolute atomic E-state index is 13.5. The average molecular weight is 455 g/mol. The van der Waals surface area contributed by atoms with Gasteiger partial charge in [0.2, 0.25) is 0 Å². The molecule has 0 aliphatic carbocycles. The van der Waals surface area contributed by atoms with Gasteiger partial charge in [-0.1, -0.05) is 47.1 Å². The number of aryl methyl sites for hydroxylation is 2. The highest BCUT2D eigenvalue weighted by Crippen LogP contribution is 2.29. The molecule has 34 heavy (non-hydrogen) atoms. The van der Waals surface area contributed by atoms with Gasteiger partial charge in [-0.25, -0.2) is 4.98 Å². The predicted octanol–water partition coefficient (Wildman–Crippen LogP) is 5.39. The van der Waals surface area contributed by atoms with Gasteiger partial charge in [0.05, 0.1) is 33.6 Å². The standard InChI is InChI=1S/C27H26N4O3/c1-17-10-12-19(13-11-17)23-16-21(24-18(2)30-34-26(24)29-23)25(32)28-22-9-5-4-8-20(22)27(33)31-14-6-3-7-15-31/h4-5,8-13,16H,3,6-7,14-15H2,1-2H3,(H,28,32). The predicted molar refractivity (Wildman–Crippen MR) is 131 cm³/mol. The van der Waals surface area contributed by atoms with Crippen molar-refractivity contribution in [3.05, 3.63) is 77.0 Å². The minimum absolute atomic E-state index is 0.0584. The minimum atomic E-state index is -0.342. The summed E-state index contributed by atoms with van der Waals surface area (Å²) in [5.41, 5.74) is 4.89. The summed E-state index contributed by atoms with van der Waals surface area (Å²) in [7, 11) is 0. The second-order valence-electron chi connectivity index (χ2n) is 8.72. The van der Waals surface area contributed by atoms with E-state index >= 15 is 0 Å². The molecule has 1 aliphatic heterocycles. The Balaban J connectivity index is 1.51. The Hall–Kier alpha value is -4.00. The number of benzene rings is 2. The number of amides is 2. The molecule has 0 radical (unpaired) electrons. The van der Waals surface area contributed by atoms with Crippen molar-refractivity contribution in [2.75, 3.05) is 18.4 Å². The van der Waals surface area contributed by atoms with E-state index in [2.05, 4.69) is 15.5 Å². The monoisotopic (exact) mass is 454 g/mol. The van der Waals surface area contributed by atoms with Gasteiger partial charge in [0, 0.05) is 18.7 Å². The van der Waals surface area contributed by atoms with E-state index < -0.39 is 0 Å². The molecule has 7 heteroatoms. The van der Waals surface area contributed by atoms with Crippen molar-refractivity contribution in [1.82, 2.24) is 15.0 Å². The Bertz CT molecular complexity index is 1370. The van der Waals surface area contributed by atoms with Gasteiger partial charge < -0.3 is 14.7 Å². The average Bonchev–Trinajstić information content (AvgIpc) is 3.25. The van der Waals surface area contributed by atoms with E-state index in [-0.39, 0.29) is 11.8 Å². The van der Waals surface area contributed by atoms with Gasteiger partial charge in [0.1, 0.15) is 0 Å². The SMILES string of the molecule is Cc1ccc(-c2cc(C(=O)Nc3ccccc3C(=O)N3CCCCC3)c3c(C)noc3n2)cc1. The first-order chi connectivity index (χ1) is 16.5. The highest BCUT2D eigenvalue weighted by atomic mass is 16.5. The topological polar surface area (TPSA) is 88.3 Å². The maximum atomic E-state index is 13.5. The lowest BCUT2D eigenvalue weighted by Gasteiger charge is -2.27. The molecule has 3 heterocycles. The molecule has 0 unspecified atom stereocenters. The van der Waals surface area contributed by atoms with Gasteiger partial charge in [-0.2, -0.15) is 0 Å². The minimum Gasteiger partial charge on any atom is -0.339 e.